The van der Waals surface area contributed by atoms with E-state index in [1.54, 1.807) is 13.0 Å². The molecule has 1 heterocycles. The summed E-state index contributed by atoms with van der Waals surface area (Å²) in [5.74, 6) is 4.93. The molecule has 1 aromatic rings. The monoisotopic (exact) mass is 237 g/mol. The van der Waals surface area contributed by atoms with Gasteiger partial charge in [0, 0.05) is 18.7 Å². The molecule has 1 aliphatic rings. The zero-order chi connectivity index (χ0) is 12.3. The van der Waals surface area contributed by atoms with E-state index in [9.17, 15) is 4.39 Å². The molecule has 0 aromatic heterocycles. The van der Waals surface area contributed by atoms with Crippen LogP contribution in [0, 0.1) is 5.82 Å². The smallest absolute Gasteiger partial charge is 0.147 e. The van der Waals surface area contributed by atoms with Crippen LogP contribution in [-0.2, 0) is 4.74 Å². The van der Waals surface area contributed by atoms with Crippen molar-refractivity contribution in [2.24, 2.45) is 10.9 Å². The average molecular weight is 237 g/mol. The van der Waals surface area contributed by atoms with Crippen LogP contribution in [0.15, 0.2) is 23.3 Å². The first-order chi connectivity index (χ1) is 8.22. The lowest BCUT2D eigenvalue weighted by Gasteiger charge is -2.29. The zero-order valence-electron chi connectivity index (χ0n) is 9.82. The molecule has 1 saturated heterocycles. The predicted octanol–water partition coefficient (Wildman–Crippen LogP) is 1.35. The molecule has 0 unspecified atom stereocenters. The van der Waals surface area contributed by atoms with Crippen molar-refractivity contribution in [2.45, 2.75) is 6.92 Å². The van der Waals surface area contributed by atoms with Crippen molar-refractivity contribution in [3.8, 4) is 0 Å². The number of morpholine rings is 1. The van der Waals surface area contributed by atoms with Gasteiger partial charge in [-0.05, 0) is 19.1 Å². The van der Waals surface area contributed by atoms with Crippen LogP contribution < -0.4 is 10.7 Å². The maximum atomic E-state index is 14.0. The number of halogens is 1. The fraction of sp³-hybridized carbons (Fsp3) is 0.417. The second kappa shape index (κ2) is 5.14. The second-order valence-corrected chi connectivity index (χ2v) is 3.98. The molecule has 5 heteroatoms. The SMILES string of the molecule is C/C(=N/N)c1ccc(N2CCOCC2)c(F)c1. The van der Waals surface area contributed by atoms with E-state index in [-0.39, 0.29) is 5.82 Å². The van der Waals surface area contributed by atoms with Crippen molar-refractivity contribution in [3.63, 3.8) is 0 Å². The Labute approximate surface area is 99.9 Å². The normalized spacial score (nSPS) is 17.3. The van der Waals surface area contributed by atoms with Gasteiger partial charge in [0.05, 0.1) is 24.6 Å². The summed E-state index contributed by atoms with van der Waals surface area (Å²) in [6.45, 7) is 4.48. The van der Waals surface area contributed by atoms with Crippen LogP contribution in [0.25, 0.3) is 0 Å². The van der Waals surface area contributed by atoms with E-state index in [2.05, 4.69) is 5.10 Å². The summed E-state index contributed by atoms with van der Waals surface area (Å²) < 4.78 is 19.2. The molecule has 0 atom stereocenters. The van der Waals surface area contributed by atoms with E-state index >= 15 is 0 Å². The Hall–Kier alpha value is -1.62. The van der Waals surface area contributed by atoms with Crippen molar-refractivity contribution >= 4 is 11.4 Å². The summed E-state index contributed by atoms with van der Waals surface area (Å²) in [7, 11) is 0. The fourth-order valence-electron chi connectivity index (χ4n) is 1.87. The zero-order valence-corrected chi connectivity index (χ0v) is 9.82. The molecule has 1 fully saturated rings. The topological polar surface area (TPSA) is 50.8 Å². The van der Waals surface area contributed by atoms with Gasteiger partial charge >= 0.3 is 0 Å². The third kappa shape index (κ3) is 2.55. The quantitative estimate of drug-likeness (QED) is 0.480. The fourth-order valence-corrected chi connectivity index (χ4v) is 1.87. The first kappa shape index (κ1) is 11.9. The highest BCUT2D eigenvalue weighted by Gasteiger charge is 2.15. The van der Waals surface area contributed by atoms with E-state index in [1.807, 2.05) is 11.0 Å². The van der Waals surface area contributed by atoms with Gasteiger partial charge in [0.2, 0.25) is 0 Å². The molecule has 17 heavy (non-hydrogen) atoms. The Morgan fingerprint density at radius 2 is 2.12 bits per heavy atom. The highest BCUT2D eigenvalue weighted by Crippen LogP contribution is 2.21. The molecule has 0 saturated carbocycles. The lowest BCUT2D eigenvalue weighted by atomic mass is 10.1. The Balaban J connectivity index is 2.24. The van der Waals surface area contributed by atoms with Crippen molar-refractivity contribution in [3.05, 3.63) is 29.6 Å². The van der Waals surface area contributed by atoms with Crippen LogP contribution in [0.3, 0.4) is 0 Å². The van der Waals surface area contributed by atoms with Gasteiger partial charge in [-0.3, -0.25) is 0 Å². The van der Waals surface area contributed by atoms with E-state index in [0.29, 0.717) is 30.2 Å². The van der Waals surface area contributed by atoms with E-state index < -0.39 is 0 Å². The maximum absolute atomic E-state index is 14.0. The number of rotatable bonds is 2. The number of hydrazone groups is 1. The number of hydrogen-bond acceptors (Lipinski definition) is 4. The molecule has 0 radical (unpaired) electrons. The molecular weight excluding hydrogens is 221 g/mol. The molecule has 0 aliphatic carbocycles. The molecule has 1 aromatic carbocycles. The Bertz CT molecular complexity index is 428. The van der Waals surface area contributed by atoms with Gasteiger partial charge in [-0.25, -0.2) is 4.39 Å². The van der Waals surface area contributed by atoms with Crippen LogP contribution in [0.4, 0.5) is 10.1 Å². The van der Waals surface area contributed by atoms with Gasteiger partial charge in [0.1, 0.15) is 5.82 Å². The van der Waals surface area contributed by atoms with Gasteiger partial charge in [-0.15, -0.1) is 0 Å². The highest BCUT2D eigenvalue weighted by molar-refractivity contribution is 5.98. The van der Waals surface area contributed by atoms with Crippen LogP contribution in [0.2, 0.25) is 0 Å². The average Bonchev–Trinajstić information content (AvgIpc) is 2.38. The second-order valence-electron chi connectivity index (χ2n) is 3.98. The van der Waals surface area contributed by atoms with Crippen LogP contribution >= 0.6 is 0 Å². The molecule has 0 amide bonds. The van der Waals surface area contributed by atoms with Crippen molar-refractivity contribution in [1.82, 2.24) is 0 Å². The van der Waals surface area contributed by atoms with Gasteiger partial charge in [-0.1, -0.05) is 6.07 Å². The maximum Gasteiger partial charge on any atom is 0.147 e. The summed E-state index contributed by atoms with van der Waals surface area (Å²) in [6, 6.07) is 5.07. The molecule has 2 rings (SSSR count). The van der Waals surface area contributed by atoms with Crippen LogP contribution in [0.5, 0.6) is 0 Å². The number of benzene rings is 1. The molecule has 2 N–H and O–H groups in total. The molecule has 0 spiro atoms. The Morgan fingerprint density at radius 3 is 2.71 bits per heavy atom. The van der Waals surface area contributed by atoms with E-state index in [1.165, 1.54) is 6.07 Å². The highest BCUT2D eigenvalue weighted by atomic mass is 19.1. The summed E-state index contributed by atoms with van der Waals surface area (Å²) in [5, 5.41) is 3.56. The third-order valence-corrected chi connectivity index (χ3v) is 2.91. The number of nitrogens with zero attached hydrogens (tertiary/aromatic N) is 2. The minimum absolute atomic E-state index is 0.243. The lowest BCUT2D eigenvalue weighted by molar-refractivity contribution is 0.122. The van der Waals surface area contributed by atoms with E-state index in [4.69, 9.17) is 10.6 Å². The molecule has 1 aliphatic heterocycles. The summed E-state index contributed by atoms with van der Waals surface area (Å²) in [6.07, 6.45) is 0. The van der Waals surface area contributed by atoms with Crippen LogP contribution in [0.1, 0.15) is 12.5 Å². The van der Waals surface area contributed by atoms with Crippen molar-refractivity contribution in [2.75, 3.05) is 31.2 Å². The Morgan fingerprint density at radius 1 is 1.41 bits per heavy atom. The molecule has 4 nitrogen and oxygen atoms in total. The number of anilines is 1. The molecule has 0 bridgehead atoms. The predicted molar refractivity (Wildman–Crippen MR) is 65.8 cm³/mol. The first-order valence-electron chi connectivity index (χ1n) is 5.59. The van der Waals surface area contributed by atoms with Crippen molar-refractivity contribution < 1.29 is 9.13 Å². The standard InChI is InChI=1S/C12H16FN3O/c1-9(15-14)10-2-3-12(11(13)8-10)16-4-6-17-7-5-16/h2-3,8H,4-7,14H2,1H3/b15-9-. The van der Waals surface area contributed by atoms with Crippen molar-refractivity contribution in [1.29, 1.82) is 0 Å². The first-order valence-corrected chi connectivity index (χ1v) is 5.59. The molecular formula is C12H16FN3O. The minimum atomic E-state index is -0.243. The van der Waals surface area contributed by atoms with E-state index in [0.717, 1.165) is 13.1 Å². The molecule has 92 valence electrons. The van der Waals surface area contributed by atoms with Gasteiger partial charge < -0.3 is 15.5 Å². The van der Waals surface area contributed by atoms with Crippen LogP contribution in [-0.4, -0.2) is 32.0 Å². The van der Waals surface area contributed by atoms with Gasteiger partial charge in [0.15, 0.2) is 0 Å². The summed E-state index contributed by atoms with van der Waals surface area (Å²) in [4.78, 5) is 1.98. The largest absolute Gasteiger partial charge is 0.378 e. The minimum Gasteiger partial charge on any atom is -0.378 e. The number of hydrogen-bond donors (Lipinski definition) is 1. The number of ether oxygens (including phenoxy) is 1. The number of nitrogens with two attached hydrogens (primary N) is 1. The summed E-state index contributed by atoms with van der Waals surface area (Å²) in [5.41, 5.74) is 1.95. The van der Waals surface area contributed by atoms with Gasteiger partial charge in [-0.2, -0.15) is 5.10 Å². The third-order valence-electron chi connectivity index (χ3n) is 2.91. The lowest BCUT2D eigenvalue weighted by Crippen LogP contribution is -2.36. The Kier molecular flexibility index (Phi) is 3.58. The summed E-state index contributed by atoms with van der Waals surface area (Å²) >= 11 is 0. The van der Waals surface area contributed by atoms with Gasteiger partial charge in [0.25, 0.3) is 0 Å².